The van der Waals surface area contributed by atoms with Crippen molar-refractivity contribution in [1.82, 2.24) is 0 Å². The number of rotatable bonds is 6. The Morgan fingerprint density at radius 3 is 1.34 bits per heavy atom. The average Bonchev–Trinajstić information content (AvgIpc) is 2.90. The largest absolute Gasteiger partial charge is 0.744 e. The highest BCUT2D eigenvalue weighted by molar-refractivity contribution is 7.97. The highest BCUT2D eigenvalue weighted by Gasteiger charge is 2.30. The smallest absolute Gasteiger partial charge is 0.416 e. The van der Waals surface area contributed by atoms with E-state index in [1.54, 1.807) is 14.2 Å². The first-order valence-corrected chi connectivity index (χ1v) is 13.8. The monoisotopic (exact) mass is 562 g/mol. The molecular weight excluding hydrogens is 537 g/mol. The lowest BCUT2D eigenvalue weighted by molar-refractivity contribution is -0.137. The Hall–Kier alpha value is -3.47. The molecule has 5 nitrogen and oxygen atoms in total. The van der Waals surface area contributed by atoms with Gasteiger partial charge in [-0.05, 0) is 91.9 Å². The van der Waals surface area contributed by atoms with Gasteiger partial charge in [0.05, 0.1) is 35.6 Å². The summed E-state index contributed by atoms with van der Waals surface area (Å²) in [5.41, 5.74) is 0.275. The first-order valence-electron chi connectivity index (χ1n) is 11.1. The molecule has 0 spiro atoms. The van der Waals surface area contributed by atoms with Crippen LogP contribution in [0.4, 0.5) is 13.2 Å². The molecule has 0 amide bonds. The van der Waals surface area contributed by atoms with Gasteiger partial charge in [-0.15, -0.1) is 0 Å². The van der Waals surface area contributed by atoms with Crippen molar-refractivity contribution in [2.75, 3.05) is 14.2 Å². The summed E-state index contributed by atoms with van der Waals surface area (Å²) in [6.07, 6.45) is -4.54. The molecule has 10 heteroatoms. The highest BCUT2D eigenvalue weighted by atomic mass is 32.2. The van der Waals surface area contributed by atoms with Crippen molar-refractivity contribution in [1.29, 1.82) is 0 Å². The van der Waals surface area contributed by atoms with Crippen molar-refractivity contribution >= 4 is 21.0 Å². The minimum atomic E-state index is -4.68. The molecule has 0 aromatic heterocycles. The van der Waals surface area contributed by atoms with Crippen molar-refractivity contribution in [2.24, 2.45) is 0 Å². The van der Waals surface area contributed by atoms with E-state index in [1.807, 2.05) is 24.3 Å². The fourth-order valence-corrected chi connectivity index (χ4v) is 5.83. The molecular formula is C28H25F3O5S2. The van der Waals surface area contributed by atoms with Crippen LogP contribution in [0.5, 0.6) is 11.5 Å². The molecule has 0 unspecified atom stereocenters. The first kappa shape index (κ1) is 29.1. The lowest BCUT2D eigenvalue weighted by atomic mass is 10.2. The van der Waals surface area contributed by atoms with Gasteiger partial charge in [-0.25, -0.2) is 8.42 Å². The second-order valence-electron chi connectivity index (χ2n) is 7.95. The third-order valence-electron chi connectivity index (χ3n) is 5.32. The Labute approximate surface area is 223 Å². The van der Waals surface area contributed by atoms with Gasteiger partial charge in [0.2, 0.25) is 0 Å². The van der Waals surface area contributed by atoms with Gasteiger partial charge >= 0.3 is 6.18 Å². The SMILES string of the molecule is COc1ccc([S+](c2ccc(C)cc2)c2ccc(OC)cc2)cc1.O=S(=O)([O-])c1ccc(C(F)(F)F)cc1. The van der Waals surface area contributed by atoms with Crippen LogP contribution >= 0.6 is 0 Å². The zero-order valence-electron chi connectivity index (χ0n) is 20.7. The van der Waals surface area contributed by atoms with Gasteiger partial charge in [-0.1, -0.05) is 17.7 Å². The highest BCUT2D eigenvalue weighted by Crippen LogP contribution is 2.33. The van der Waals surface area contributed by atoms with Crippen molar-refractivity contribution in [2.45, 2.75) is 32.7 Å². The van der Waals surface area contributed by atoms with Crippen molar-refractivity contribution in [3.05, 3.63) is 108 Å². The third kappa shape index (κ3) is 7.77. The second kappa shape index (κ2) is 12.4. The summed E-state index contributed by atoms with van der Waals surface area (Å²) in [5, 5.41) is 0. The molecule has 0 fully saturated rings. The Morgan fingerprint density at radius 2 is 1.03 bits per heavy atom. The molecule has 0 N–H and O–H groups in total. The number of benzene rings is 4. The number of hydrogen-bond acceptors (Lipinski definition) is 5. The van der Waals surface area contributed by atoms with Crippen molar-refractivity contribution in [3.63, 3.8) is 0 Å². The summed E-state index contributed by atoms with van der Waals surface area (Å²) in [5.74, 6) is 1.75. The van der Waals surface area contributed by atoms with Crippen molar-refractivity contribution < 1.29 is 35.6 Å². The molecule has 38 heavy (non-hydrogen) atoms. The maximum atomic E-state index is 12.0. The number of aryl methyl sites for hydroxylation is 1. The van der Waals surface area contributed by atoms with Crippen LogP contribution in [0.25, 0.3) is 0 Å². The van der Waals surface area contributed by atoms with Gasteiger partial charge in [0.1, 0.15) is 21.6 Å². The predicted octanol–water partition coefficient (Wildman–Crippen LogP) is 6.72. The van der Waals surface area contributed by atoms with E-state index in [4.69, 9.17) is 9.47 Å². The van der Waals surface area contributed by atoms with Crippen LogP contribution in [-0.4, -0.2) is 27.2 Å². The van der Waals surface area contributed by atoms with E-state index in [2.05, 4.69) is 55.5 Å². The summed E-state index contributed by atoms with van der Waals surface area (Å²) in [6.45, 7) is 2.11. The third-order valence-corrected chi connectivity index (χ3v) is 8.40. The molecule has 0 saturated carbocycles. The van der Waals surface area contributed by atoms with Crippen LogP contribution in [-0.2, 0) is 27.2 Å². The van der Waals surface area contributed by atoms with Crippen LogP contribution in [0.3, 0.4) is 0 Å². The van der Waals surface area contributed by atoms with E-state index in [-0.39, 0.29) is 10.9 Å². The maximum Gasteiger partial charge on any atom is 0.416 e. The predicted molar refractivity (Wildman–Crippen MR) is 139 cm³/mol. The fraction of sp³-hybridized carbons (Fsp3) is 0.143. The van der Waals surface area contributed by atoms with E-state index in [9.17, 15) is 26.1 Å². The molecule has 0 bridgehead atoms. The van der Waals surface area contributed by atoms with E-state index >= 15 is 0 Å². The number of alkyl halides is 3. The normalized spacial score (nSPS) is 11.5. The summed E-state index contributed by atoms with van der Waals surface area (Å²) in [7, 11) is -1.45. The van der Waals surface area contributed by atoms with Gasteiger partial charge < -0.3 is 14.0 Å². The molecule has 0 aliphatic heterocycles. The summed E-state index contributed by atoms with van der Waals surface area (Å²) in [6, 6.07) is 27.8. The quantitative estimate of drug-likeness (QED) is 0.193. The molecule has 200 valence electrons. The molecule has 0 aliphatic rings. The van der Waals surface area contributed by atoms with Crippen LogP contribution in [0.1, 0.15) is 11.1 Å². The molecule has 4 rings (SSSR count). The minimum Gasteiger partial charge on any atom is -0.744 e. The van der Waals surface area contributed by atoms with Crippen LogP contribution in [0.2, 0.25) is 0 Å². The van der Waals surface area contributed by atoms with Crippen LogP contribution in [0.15, 0.2) is 117 Å². The fourth-order valence-electron chi connectivity index (χ4n) is 3.32. The first-order chi connectivity index (χ1) is 17.9. The molecule has 0 atom stereocenters. The van der Waals surface area contributed by atoms with E-state index in [0.29, 0.717) is 24.3 Å². The van der Waals surface area contributed by atoms with E-state index in [0.717, 1.165) is 11.5 Å². The second-order valence-corrected chi connectivity index (χ2v) is 11.4. The Kier molecular flexibility index (Phi) is 9.48. The standard InChI is InChI=1S/C21H21O2S.C7H5F3O3S/c1-16-4-10-19(11-5-16)24(20-12-6-17(22-2)7-13-20)21-14-8-18(23-3)9-15-21;8-7(9,10)5-1-3-6(4-2-5)14(11,12)13/h4-15H,1-3H3;1-4H,(H,11,12,13)/q+1;/p-1. The van der Waals surface area contributed by atoms with Gasteiger partial charge in [-0.3, -0.25) is 0 Å². The topological polar surface area (TPSA) is 75.7 Å². The Morgan fingerprint density at radius 1 is 0.658 bits per heavy atom. The summed E-state index contributed by atoms with van der Waals surface area (Å²) in [4.78, 5) is 3.16. The van der Waals surface area contributed by atoms with Crippen LogP contribution in [0, 0.1) is 6.92 Å². The molecule has 0 heterocycles. The number of hydrogen-bond donors (Lipinski definition) is 0. The number of methoxy groups -OCH3 is 2. The minimum absolute atomic E-state index is 0.155. The maximum absolute atomic E-state index is 12.0. The van der Waals surface area contributed by atoms with Crippen LogP contribution < -0.4 is 9.47 Å². The zero-order chi connectivity index (χ0) is 27.9. The average molecular weight is 563 g/mol. The van der Waals surface area contributed by atoms with Gasteiger partial charge in [-0.2, -0.15) is 13.2 Å². The Bertz CT molecular complexity index is 1370. The van der Waals surface area contributed by atoms with Gasteiger partial charge in [0.25, 0.3) is 0 Å². The lowest BCUT2D eigenvalue weighted by Gasteiger charge is -2.09. The summed E-state index contributed by atoms with van der Waals surface area (Å²) < 4.78 is 77.6. The Balaban J connectivity index is 0.000000244. The van der Waals surface area contributed by atoms with Gasteiger partial charge in [0.15, 0.2) is 14.7 Å². The van der Waals surface area contributed by atoms with Gasteiger partial charge in [0, 0.05) is 0 Å². The molecule has 0 aliphatic carbocycles. The molecule has 0 radical (unpaired) electrons. The zero-order valence-corrected chi connectivity index (χ0v) is 22.4. The molecule has 4 aromatic carbocycles. The molecule has 4 aromatic rings. The van der Waals surface area contributed by atoms with E-state index < -0.39 is 26.8 Å². The van der Waals surface area contributed by atoms with Crippen molar-refractivity contribution in [3.8, 4) is 11.5 Å². The molecule has 0 saturated heterocycles. The number of halogens is 3. The van der Waals surface area contributed by atoms with E-state index in [1.165, 1.54) is 20.2 Å². The summed E-state index contributed by atoms with van der Waals surface area (Å²) >= 11 is 0. The lowest BCUT2D eigenvalue weighted by Crippen LogP contribution is -2.05. The number of ether oxygens (including phenoxy) is 2.